The molecule has 10 heteroatoms. The van der Waals surface area contributed by atoms with Crippen LogP contribution in [0.3, 0.4) is 0 Å². The van der Waals surface area contributed by atoms with Crippen LogP contribution in [0.25, 0.3) is 5.95 Å². The Morgan fingerprint density at radius 1 is 1.38 bits per heavy atom. The van der Waals surface area contributed by atoms with Gasteiger partial charge in [0.2, 0.25) is 11.9 Å². The van der Waals surface area contributed by atoms with Crippen molar-refractivity contribution in [3.63, 3.8) is 0 Å². The minimum absolute atomic E-state index is 0.240. The highest BCUT2D eigenvalue weighted by Crippen LogP contribution is 2.09. The van der Waals surface area contributed by atoms with Crippen LogP contribution in [0.2, 0.25) is 0 Å². The van der Waals surface area contributed by atoms with Gasteiger partial charge in [0.15, 0.2) is 0 Å². The van der Waals surface area contributed by atoms with Crippen LogP contribution < -0.4 is 10.6 Å². The lowest BCUT2D eigenvalue weighted by Gasteiger charge is -2.13. The molecule has 0 aliphatic heterocycles. The lowest BCUT2D eigenvalue weighted by atomic mass is 10.3. The highest BCUT2D eigenvalue weighted by Gasteiger charge is 2.16. The summed E-state index contributed by atoms with van der Waals surface area (Å²) in [6.07, 6.45) is 2.85. The Balaban J connectivity index is 2.29. The second-order valence-electron chi connectivity index (χ2n) is 4.04. The van der Waals surface area contributed by atoms with Gasteiger partial charge in [0.05, 0.1) is 7.11 Å². The number of esters is 1. The van der Waals surface area contributed by atoms with Crippen LogP contribution in [0.5, 0.6) is 0 Å². The fraction of sp³-hybridized carbons (Fsp3) is 0.455. The van der Waals surface area contributed by atoms with E-state index in [0.717, 1.165) is 0 Å². The summed E-state index contributed by atoms with van der Waals surface area (Å²) in [7, 11) is 1.32. The van der Waals surface area contributed by atoms with Crippen LogP contribution >= 0.6 is 0 Å². The third-order valence-corrected chi connectivity index (χ3v) is 2.48. The quantitative estimate of drug-likeness (QED) is 0.700. The van der Waals surface area contributed by atoms with Crippen molar-refractivity contribution >= 4 is 17.9 Å². The van der Waals surface area contributed by atoms with Crippen molar-refractivity contribution < 1.29 is 9.53 Å². The van der Waals surface area contributed by atoms with Crippen molar-refractivity contribution in [2.75, 3.05) is 24.3 Å². The molecule has 2 aromatic rings. The van der Waals surface area contributed by atoms with E-state index in [1.807, 2.05) is 6.92 Å². The van der Waals surface area contributed by atoms with Crippen LogP contribution in [0.4, 0.5) is 11.9 Å². The third kappa shape index (κ3) is 3.61. The average Bonchev–Trinajstić information content (AvgIpc) is 3.00. The number of rotatable bonds is 6. The number of aromatic nitrogens is 6. The zero-order chi connectivity index (χ0) is 15.2. The molecule has 0 radical (unpaired) electrons. The van der Waals surface area contributed by atoms with Gasteiger partial charge in [-0.1, -0.05) is 0 Å². The molecule has 0 spiro atoms. The molecule has 21 heavy (non-hydrogen) atoms. The average molecular weight is 292 g/mol. The molecule has 0 saturated heterocycles. The highest BCUT2D eigenvalue weighted by atomic mass is 16.5. The monoisotopic (exact) mass is 292 g/mol. The largest absolute Gasteiger partial charge is 0.467 e. The Morgan fingerprint density at radius 3 is 2.76 bits per heavy atom. The normalized spacial score (nSPS) is 11.8. The lowest BCUT2D eigenvalue weighted by molar-refractivity contribution is -0.141. The number of anilines is 2. The van der Waals surface area contributed by atoms with Crippen molar-refractivity contribution in [2.45, 2.75) is 19.9 Å². The molecule has 0 aliphatic carbocycles. The molecule has 1 atom stereocenters. The van der Waals surface area contributed by atoms with Crippen LogP contribution in [0.15, 0.2) is 12.7 Å². The summed E-state index contributed by atoms with van der Waals surface area (Å²) >= 11 is 0. The Kier molecular flexibility index (Phi) is 4.59. The van der Waals surface area contributed by atoms with E-state index in [1.54, 1.807) is 6.92 Å². The summed E-state index contributed by atoms with van der Waals surface area (Å²) in [4.78, 5) is 27.9. The van der Waals surface area contributed by atoms with Gasteiger partial charge in [-0.05, 0) is 13.8 Å². The van der Waals surface area contributed by atoms with Crippen molar-refractivity contribution in [2.24, 2.45) is 0 Å². The van der Waals surface area contributed by atoms with Crippen molar-refractivity contribution in [3.05, 3.63) is 12.7 Å². The van der Waals surface area contributed by atoms with E-state index in [9.17, 15) is 4.79 Å². The zero-order valence-corrected chi connectivity index (χ0v) is 11.9. The van der Waals surface area contributed by atoms with Gasteiger partial charge in [-0.25, -0.2) is 9.78 Å². The van der Waals surface area contributed by atoms with Crippen molar-refractivity contribution in [3.8, 4) is 5.95 Å². The Labute approximate surface area is 121 Å². The van der Waals surface area contributed by atoms with Crippen molar-refractivity contribution in [1.29, 1.82) is 0 Å². The lowest BCUT2D eigenvalue weighted by Crippen LogP contribution is -2.28. The molecule has 0 fully saturated rings. The SMILES string of the molecule is CCNc1nc(NC(C)C(=O)OC)nc(-n2cncn2)n1. The first-order valence-electron chi connectivity index (χ1n) is 6.33. The number of hydrogen-bond acceptors (Lipinski definition) is 9. The van der Waals surface area contributed by atoms with E-state index in [-0.39, 0.29) is 11.9 Å². The van der Waals surface area contributed by atoms with E-state index in [2.05, 4.69) is 40.4 Å². The molecule has 10 nitrogen and oxygen atoms in total. The Bertz CT molecular complexity index is 600. The summed E-state index contributed by atoms with van der Waals surface area (Å²) in [6.45, 7) is 4.22. The van der Waals surface area contributed by atoms with Gasteiger partial charge in [0, 0.05) is 6.54 Å². The predicted octanol–water partition coefficient (Wildman–Crippen LogP) is -0.143. The summed E-state index contributed by atoms with van der Waals surface area (Å²) in [5, 5.41) is 9.81. The molecule has 2 heterocycles. The summed E-state index contributed by atoms with van der Waals surface area (Å²) < 4.78 is 6.05. The topological polar surface area (TPSA) is 120 Å². The molecular weight excluding hydrogens is 276 g/mol. The molecule has 0 amide bonds. The van der Waals surface area contributed by atoms with E-state index < -0.39 is 12.0 Å². The van der Waals surface area contributed by atoms with E-state index in [1.165, 1.54) is 24.4 Å². The molecule has 2 aromatic heterocycles. The van der Waals surface area contributed by atoms with Gasteiger partial charge in [0.25, 0.3) is 5.95 Å². The molecule has 0 aliphatic rings. The van der Waals surface area contributed by atoms with Gasteiger partial charge < -0.3 is 15.4 Å². The first kappa shape index (κ1) is 14.6. The fourth-order valence-electron chi connectivity index (χ4n) is 1.51. The zero-order valence-electron chi connectivity index (χ0n) is 11.9. The third-order valence-electron chi connectivity index (χ3n) is 2.48. The molecule has 1 unspecified atom stereocenters. The van der Waals surface area contributed by atoms with E-state index >= 15 is 0 Å². The molecule has 112 valence electrons. The number of carbonyl (C=O) groups is 1. The number of nitrogens with one attached hydrogen (secondary N) is 2. The number of methoxy groups -OCH3 is 1. The first-order valence-corrected chi connectivity index (χ1v) is 6.33. The maximum Gasteiger partial charge on any atom is 0.328 e. The van der Waals surface area contributed by atoms with Crippen LogP contribution in [0, 0.1) is 0 Å². The smallest absolute Gasteiger partial charge is 0.328 e. The maximum atomic E-state index is 11.4. The standard InChI is InChI=1S/C11H16N8O2/c1-4-13-9-16-10(15-7(2)8(20)21-3)18-11(17-9)19-6-12-5-14-19/h5-7H,4H2,1-3H3,(H2,13,15,16,17,18). The molecule has 2 N–H and O–H groups in total. The fourth-order valence-corrected chi connectivity index (χ4v) is 1.51. The second kappa shape index (κ2) is 6.59. The first-order chi connectivity index (χ1) is 10.1. The number of carbonyl (C=O) groups excluding carboxylic acids is 1. The van der Waals surface area contributed by atoms with Crippen molar-refractivity contribution in [1.82, 2.24) is 29.7 Å². The molecule has 0 bridgehead atoms. The summed E-state index contributed by atoms with van der Waals surface area (Å²) in [6, 6.07) is -0.588. The van der Waals surface area contributed by atoms with Gasteiger partial charge in [0.1, 0.15) is 18.7 Å². The van der Waals surface area contributed by atoms with E-state index in [4.69, 9.17) is 0 Å². The number of nitrogens with zero attached hydrogens (tertiary/aromatic N) is 6. The maximum absolute atomic E-state index is 11.4. The second-order valence-corrected chi connectivity index (χ2v) is 4.04. The molecular formula is C11H16N8O2. The predicted molar refractivity (Wildman–Crippen MR) is 74.0 cm³/mol. The number of ether oxygens (including phenoxy) is 1. The highest BCUT2D eigenvalue weighted by molar-refractivity contribution is 5.77. The summed E-state index contributed by atoms with van der Waals surface area (Å²) in [5.74, 6) is 0.489. The van der Waals surface area contributed by atoms with Gasteiger partial charge in [-0.3, -0.25) is 0 Å². The molecule has 2 rings (SSSR count). The van der Waals surface area contributed by atoms with Gasteiger partial charge >= 0.3 is 5.97 Å². The molecule has 0 aromatic carbocycles. The Hall–Kier alpha value is -2.78. The van der Waals surface area contributed by atoms with Crippen LogP contribution in [-0.4, -0.2) is 55.4 Å². The minimum atomic E-state index is -0.588. The van der Waals surface area contributed by atoms with Crippen LogP contribution in [-0.2, 0) is 9.53 Å². The van der Waals surface area contributed by atoms with E-state index in [0.29, 0.717) is 12.5 Å². The Morgan fingerprint density at radius 2 is 2.14 bits per heavy atom. The summed E-state index contributed by atoms with van der Waals surface area (Å²) in [5.41, 5.74) is 0. The number of hydrogen-bond donors (Lipinski definition) is 2. The van der Waals surface area contributed by atoms with Crippen LogP contribution in [0.1, 0.15) is 13.8 Å². The van der Waals surface area contributed by atoms with Gasteiger partial charge in [-0.2, -0.15) is 24.7 Å². The molecule has 0 saturated carbocycles. The minimum Gasteiger partial charge on any atom is -0.467 e. The van der Waals surface area contributed by atoms with Gasteiger partial charge in [-0.15, -0.1) is 0 Å².